The van der Waals surface area contributed by atoms with Gasteiger partial charge in [0.2, 0.25) is 17.7 Å². The number of benzene rings is 1. The van der Waals surface area contributed by atoms with Crippen LogP contribution >= 0.6 is 11.8 Å². The molecule has 9 nitrogen and oxygen atoms in total. The molecule has 1 aliphatic rings. The zero-order chi connectivity index (χ0) is 29.2. The van der Waals surface area contributed by atoms with Crippen LogP contribution in [0, 0.1) is 11.8 Å². The van der Waals surface area contributed by atoms with E-state index in [4.69, 9.17) is 4.74 Å². The Labute approximate surface area is 237 Å². The van der Waals surface area contributed by atoms with Gasteiger partial charge in [0, 0.05) is 19.0 Å². The maximum absolute atomic E-state index is 13.3. The first kappa shape index (κ1) is 32.5. The summed E-state index contributed by atoms with van der Waals surface area (Å²) in [4.78, 5) is 53.5. The van der Waals surface area contributed by atoms with Crippen molar-refractivity contribution in [1.29, 1.82) is 0 Å². The first-order valence-corrected chi connectivity index (χ1v) is 15.1. The van der Waals surface area contributed by atoms with E-state index in [9.17, 15) is 19.2 Å². The number of piperidine rings is 1. The third-order valence-electron chi connectivity index (χ3n) is 6.68. The normalized spacial score (nSPS) is 16.7. The Morgan fingerprint density at radius 2 is 1.62 bits per heavy atom. The lowest BCUT2D eigenvalue weighted by Gasteiger charge is -2.35. The van der Waals surface area contributed by atoms with E-state index < -0.39 is 23.8 Å². The van der Waals surface area contributed by atoms with Gasteiger partial charge in [-0.15, -0.1) is 0 Å². The number of thioether (sulfide) groups is 1. The second-order valence-corrected chi connectivity index (χ2v) is 12.4. The number of amides is 4. The highest BCUT2D eigenvalue weighted by molar-refractivity contribution is 7.98. The summed E-state index contributed by atoms with van der Waals surface area (Å²) in [7, 11) is 0. The van der Waals surface area contributed by atoms with E-state index >= 15 is 0 Å². The van der Waals surface area contributed by atoms with Crippen LogP contribution in [-0.2, 0) is 19.1 Å². The van der Waals surface area contributed by atoms with Crippen LogP contribution in [0.1, 0.15) is 72.4 Å². The summed E-state index contributed by atoms with van der Waals surface area (Å²) in [5.41, 5.74) is 0.335. The van der Waals surface area contributed by atoms with E-state index in [0.717, 1.165) is 5.56 Å². The highest BCUT2D eigenvalue weighted by Crippen LogP contribution is 2.20. The maximum Gasteiger partial charge on any atom is 0.408 e. The van der Waals surface area contributed by atoms with E-state index in [-0.39, 0.29) is 35.6 Å². The molecule has 0 spiro atoms. The lowest BCUT2D eigenvalue weighted by atomic mass is 9.93. The van der Waals surface area contributed by atoms with Crippen LogP contribution in [-0.4, -0.2) is 71.5 Å². The number of likely N-dealkylation sites (tertiary alicyclic amines) is 1. The smallest absolute Gasteiger partial charge is 0.408 e. The van der Waals surface area contributed by atoms with Gasteiger partial charge >= 0.3 is 6.09 Å². The van der Waals surface area contributed by atoms with E-state index in [1.165, 1.54) is 0 Å². The molecular formula is C29H46N4O5S. The van der Waals surface area contributed by atoms with E-state index in [0.29, 0.717) is 38.1 Å². The summed E-state index contributed by atoms with van der Waals surface area (Å²) in [6.07, 6.45) is 2.81. The number of alkyl carbamates (subject to hydrolysis) is 1. The highest BCUT2D eigenvalue weighted by atomic mass is 32.2. The Morgan fingerprint density at radius 1 is 1.00 bits per heavy atom. The minimum Gasteiger partial charge on any atom is -0.444 e. The molecule has 0 aromatic heterocycles. The van der Waals surface area contributed by atoms with Crippen molar-refractivity contribution in [2.75, 3.05) is 25.1 Å². The summed E-state index contributed by atoms with van der Waals surface area (Å²) in [5.74, 6) is -0.218. The van der Waals surface area contributed by atoms with Crippen LogP contribution in [0.4, 0.5) is 4.79 Å². The molecule has 1 aliphatic heterocycles. The largest absolute Gasteiger partial charge is 0.444 e. The minimum atomic E-state index is -0.682. The van der Waals surface area contributed by atoms with Gasteiger partial charge in [0.25, 0.3) is 0 Å². The van der Waals surface area contributed by atoms with Crippen LogP contribution < -0.4 is 16.0 Å². The zero-order valence-electron chi connectivity index (χ0n) is 24.4. The van der Waals surface area contributed by atoms with Crippen LogP contribution in [0.3, 0.4) is 0 Å². The number of hydrogen-bond acceptors (Lipinski definition) is 6. The van der Waals surface area contributed by atoms with Gasteiger partial charge < -0.3 is 25.6 Å². The fourth-order valence-corrected chi connectivity index (χ4v) is 4.93. The quantitative estimate of drug-likeness (QED) is 0.377. The number of nitrogens with zero attached hydrogens (tertiary/aromatic N) is 1. The molecule has 1 fully saturated rings. The van der Waals surface area contributed by atoms with Gasteiger partial charge in [0.1, 0.15) is 17.7 Å². The zero-order valence-corrected chi connectivity index (χ0v) is 25.2. The fraction of sp³-hybridized carbons (Fsp3) is 0.655. The number of carbonyl (C=O) groups excluding carboxylic acids is 4. The molecule has 1 heterocycles. The van der Waals surface area contributed by atoms with Crippen molar-refractivity contribution in [3.05, 3.63) is 35.9 Å². The minimum absolute atomic E-state index is 0.0882. The van der Waals surface area contributed by atoms with Crippen molar-refractivity contribution in [3.63, 3.8) is 0 Å². The summed E-state index contributed by atoms with van der Waals surface area (Å²) < 4.78 is 5.35. The molecule has 10 heteroatoms. The molecule has 1 saturated heterocycles. The van der Waals surface area contributed by atoms with Gasteiger partial charge in [-0.2, -0.15) is 11.8 Å². The second-order valence-electron chi connectivity index (χ2n) is 11.5. The molecule has 0 aliphatic carbocycles. The van der Waals surface area contributed by atoms with Gasteiger partial charge in [-0.25, -0.2) is 4.79 Å². The van der Waals surface area contributed by atoms with Gasteiger partial charge in [-0.3, -0.25) is 14.4 Å². The van der Waals surface area contributed by atoms with Crippen molar-refractivity contribution < 1.29 is 23.9 Å². The molecule has 4 amide bonds. The number of rotatable bonds is 11. The standard InChI is InChI=1S/C29H46N4O5S/c1-19(2)24(26(35)30-20(3)21-11-9-8-10-12-21)32-25(34)22-13-16-33(17-14-22)27(36)23(15-18-39-7)31-28(37)38-29(4,5)6/h8-12,19-20,22-24H,13-18H2,1-7H3,(H,30,35)(H,31,37)(H,32,34)/t20?,23-,24-/m0/s1. The maximum atomic E-state index is 13.3. The fourth-order valence-electron chi connectivity index (χ4n) is 4.46. The third-order valence-corrected chi connectivity index (χ3v) is 7.33. The monoisotopic (exact) mass is 562 g/mol. The molecule has 0 saturated carbocycles. The van der Waals surface area contributed by atoms with Gasteiger partial charge in [0.05, 0.1) is 6.04 Å². The summed E-state index contributed by atoms with van der Waals surface area (Å²) in [6, 6.07) is 8.17. The highest BCUT2D eigenvalue weighted by Gasteiger charge is 2.34. The van der Waals surface area contributed by atoms with Gasteiger partial charge in [0.15, 0.2) is 0 Å². The van der Waals surface area contributed by atoms with Crippen LogP contribution in [0.5, 0.6) is 0 Å². The Kier molecular flexibility index (Phi) is 12.6. The first-order valence-electron chi connectivity index (χ1n) is 13.7. The molecular weight excluding hydrogens is 516 g/mol. The van der Waals surface area contributed by atoms with Gasteiger partial charge in [-0.05, 0) is 70.4 Å². The molecule has 1 aromatic rings. The Bertz CT molecular complexity index is 958. The third kappa shape index (κ3) is 10.7. The molecule has 1 unspecified atom stereocenters. The van der Waals surface area contributed by atoms with Gasteiger partial charge in [-0.1, -0.05) is 44.2 Å². The Hall–Kier alpha value is -2.75. The van der Waals surface area contributed by atoms with Crippen LogP contribution in [0.15, 0.2) is 30.3 Å². The molecule has 3 atom stereocenters. The SMILES string of the molecule is CSCC[C@H](NC(=O)OC(C)(C)C)C(=O)N1CCC(C(=O)N[C@H](C(=O)NC(C)c2ccccc2)C(C)C)CC1. The summed E-state index contributed by atoms with van der Waals surface area (Å²) in [5, 5.41) is 8.70. The van der Waals surface area contributed by atoms with Crippen molar-refractivity contribution in [3.8, 4) is 0 Å². The molecule has 2 rings (SSSR count). The second kappa shape index (κ2) is 15.1. The molecule has 1 aromatic carbocycles. The van der Waals surface area contributed by atoms with Crippen molar-refractivity contribution >= 4 is 35.6 Å². The summed E-state index contributed by atoms with van der Waals surface area (Å²) >= 11 is 1.60. The first-order chi connectivity index (χ1) is 18.3. The lowest BCUT2D eigenvalue weighted by molar-refractivity contribution is -0.138. The predicted molar refractivity (Wildman–Crippen MR) is 155 cm³/mol. The number of hydrogen-bond donors (Lipinski definition) is 3. The van der Waals surface area contributed by atoms with Crippen molar-refractivity contribution in [2.24, 2.45) is 11.8 Å². The topological polar surface area (TPSA) is 117 Å². The number of carbonyl (C=O) groups is 4. The molecule has 3 N–H and O–H groups in total. The van der Waals surface area contributed by atoms with E-state index in [1.54, 1.807) is 37.4 Å². The molecule has 0 radical (unpaired) electrons. The lowest BCUT2D eigenvalue weighted by Crippen LogP contribution is -2.54. The Balaban J connectivity index is 1.94. The van der Waals surface area contributed by atoms with E-state index in [1.807, 2.05) is 57.4 Å². The molecule has 218 valence electrons. The summed E-state index contributed by atoms with van der Waals surface area (Å²) in [6.45, 7) is 11.9. The van der Waals surface area contributed by atoms with Crippen molar-refractivity contribution in [1.82, 2.24) is 20.9 Å². The van der Waals surface area contributed by atoms with Crippen LogP contribution in [0.25, 0.3) is 0 Å². The Morgan fingerprint density at radius 3 is 2.15 bits per heavy atom. The predicted octanol–water partition coefficient (Wildman–Crippen LogP) is 3.89. The van der Waals surface area contributed by atoms with Crippen LogP contribution in [0.2, 0.25) is 0 Å². The van der Waals surface area contributed by atoms with Crippen molar-refractivity contribution in [2.45, 2.75) is 84.5 Å². The average Bonchev–Trinajstić information content (AvgIpc) is 2.88. The molecule has 0 bridgehead atoms. The number of ether oxygens (including phenoxy) is 1. The number of nitrogens with one attached hydrogen (secondary N) is 3. The van der Waals surface area contributed by atoms with E-state index in [2.05, 4.69) is 16.0 Å². The average molecular weight is 563 g/mol. The molecule has 39 heavy (non-hydrogen) atoms.